The molecule has 0 saturated heterocycles. The fraction of sp³-hybridized carbons (Fsp3) is 0.0625. The van der Waals surface area contributed by atoms with Gasteiger partial charge < -0.3 is 9.15 Å². The number of furan rings is 1. The second-order valence-electron chi connectivity index (χ2n) is 4.05. The number of carbonyl (C=O) groups excluding carboxylic acids is 1. The molecule has 0 aliphatic rings. The lowest BCUT2D eigenvalue weighted by molar-refractivity contribution is -0.133. The van der Waals surface area contributed by atoms with Gasteiger partial charge in [0, 0.05) is 22.3 Å². The molecule has 0 aliphatic heterocycles. The van der Waals surface area contributed by atoms with Crippen LogP contribution in [0.25, 0.3) is 21.9 Å². The quantitative estimate of drug-likeness (QED) is 0.454. The Labute approximate surface area is 109 Å². The molecule has 0 bridgehead atoms. The summed E-state index contributed by atoms with van der Waals surface area (Å²) < 4.78 is 10.2. The van der Waals surface area contributed by atoms with Crippen LogP contribution in [0, 0.1) is 11.8 Å². The zero-order valence-electron chi connectivity index (χ0n) is 10.3. The molecule has 2 aromatic carbocycles. The average Bonchev–Trinajstić information content (AvgIpc) is 2.82. The Balaban J connectivity index is 2.16. The molecule has 92 valence electrons. The molecule has 0 spiro atoms. The van der Waals surface area contributed by atoms with Crippen molar-refractivity contribution >= 4 is 27.9 Å². The predicted molar refractivity (Wildman–Crippen MR) is 72.6 cm³/mol. The van der Waals surface area contributed by atoms with Crippen LogP contribution in [0.2, 0.25) is 0 Å². The third-order valence-corrected chi connectivity index (χ3v) is 2.87. The second-order valence-corrected chi connectivity index (χ2v) is 4.05. The SMILES string of the molecule is COC(=O)C#Cc1ccc2oc3ccccc3c2c1. The molecule has 0 atom stereocenters. The third kappa shape index (κ3) is 2.04. The van der Waals surface area contributed by atoms with E-state index in [1.54, 1.807) is 0 Å². The molecule has 3 rings (SSSR count). The van der Waals surface area contributed by atoms with Gasteiger partial charge in [-0.15, -0.1) is 0 Å². The predicted octanol–water partition coefficient (Wildman–Crippen LogP) is 3.11. The van der Waals surface area contributed by atoms with Crippen molar-refractivity contribution in [2.24, 2.45) is 0 Å². The van der Waals surface area contributed by atoms with Crippen LogP contribution in [0.5, 0.6) is 0 Å². The maximum atomic E-state index is 11.0. The van der Waals surface area contributed by atoms with Crippen molar-refractivity contribution in [1.82, 2.24) is 0 Å². The first kappa shape index (κ1) is 11.4. The molecule has 0 N–H and O–H groups in total. The second kappa shape index (κ2) is 4.51. The summed E-state index contributed by atoms with van der Waals surface area (Å²) in [6.07, 6.45) is 0. The standard InChI is InChI=1S/C16H10O3/c1-18-16(17)9-7-11-6-8-15-13(10-11)12-4-2-3-5-14(12)19-15/h2-6,8,10H,1H3. The summed E-state index contributed by atoms with van der Waals surface area (Å²) in [5.41, 5.74) is 2.41. The first-order valence-corrected chi connectivity index (χ1v) is 5.79. The largest absolute Gasteiger partial charge is 0.459 e. The van der Waals surface area contributed by atoms with Gasteiger partial charge in [0.25, 0.3) is 0 Å². The highest BCUT2D eigenvalue weighted by Gasteiger charge is 2.05. The lowest BCUT2D eigenvalue weighted by atomic mass is 10.1. The van der Waals surface area contributed by atoms with E-state index in [0.29, 0.717) is 0 Å². The summed E-state index contributed by atoms with van der Waals surface area (Å²) >= 11 is 0. The molecule has 0 saturated carbocycles. The molecule has 1 heterocycles. The fourth-order valence-electron chi connectivity index (χ4n) is 1.98. The van der Waals surface area contributed by atoms with Crippen molar-refractivity contribution in [3.8, 4) is 11.8 Å². The number of para-hydroxylation sites is 1. The Kier molecular flexibility index (Phi) is 2.70. The highest BCUT2D eigenvalue weighted by molar-refractivity contribution is 6.05. The molecule has 3 aromatic rings. The van der Waals surface area contributed by atoms with Crippen molar-refractivity contribution in [2.75, 3.05) is 7.11 Å². The zero-order chi connectivity index (χ0) is 13.2. The Morgan fingerprint density at radius 2 is 1.89 bits per heavy atom. The van der Waals surface area contributed by atoms with Crippen LogP contribution >= 0.6 is 0 Å². The minimum absolute atomic E-state index is 0.544. The van der Waals surface area contributed by atoms with Crippen LogP contribution in [0.15, 0.2) is 46.9 Å². The van der Waals surface area contributed by atoms with Crippen LogP contribution in [0.1, 0.15) is 5.56 Å². The Morgan fingerprint density at radius 1 is 1.11 bits per heavy atom. The molecule has 0 amide bonds. The number of hydrogen-bond acceptors (Lipinski definition) is 3. The fourth-order valence-corrected chi connectivity index (χ4v) is 1.98. The van der Waals surface area contributed by atoms with Gasteiger partial charge in [0.1, 0.15) is 11.2 Å². The van der Waals surface area contributed by atoms with E-state index in [4.69, 9.17) is 4.42 Å². The van der Waals surface area contributed by atoms with E-state index in [0.717, 1.165) is 27.5 Å². The molecule has 0 unspecified atom stereocenters. The highest BCUT2D eigenvalue weighted by Crippen LogP contribution is 2.28. The summed E-state index contributed by atoms with van der Waals surface area (Å²) in [5.74, 6) is 4.64. The van der Waals surface area contributed by atoms with Crippen LogP contribution in [-0.2, 0) is 9.53 Å². The van der Waals surface area contributed by atoms with E-state index in [2.05, 4.69) is 16.6 Å². The summed E-state index contributed by atoms with van der Waals surface area (Å²) in [6.45, 7) is 0. The molecule has 0 radical (unpaired) electrons. The molecule has 3 nitrogen and oxygen atoms in total. The lowest BCUT2D eigenvalue weighted by Gasteiger charge is -1.91. The molecule has 3 heteroatoms. The van der Waals surface area contributed by atoms with Crippen LogP contribution in [0.3, 0.4) is 0 Å². The van der Waals surface area contributed by atoms with Crippen LogP contribution in [0.4, 0.5) is 0 Å². The number of ether oxygens (including phenoxy) is 1. The topological polar surface area (TPSA) is 39.4 Å². The van der Waals surface area contributed by atoms with Crippen molar-refractivity contribution in [3.63, 3.8) is 0 Å². The highest BCUT2D eigenvalue weighted by atomic mass is 16.5. The van der Waals surface area contributed by atoms with E-state index in [-0.39, 0.29) is 0 Å². The van der Waals surface area contributed by atoms with Crippen molar-refractivity contribution < 1.29 is 13.9 Å². The van der Waals surface area contributed by atoms with Gasteiger partial charge in [-0.25, -0.2) is 4.79 Å². The lowest BCUT2D eigenvalue weighted by Crippen LogP contribution is -1.94. The third-order valence-electron chi connectivity index (χ3n) is 2.87. The maximum absolute atomic E-state index is 11.0. The van der Waals surface area contributed by atoms with Gasteiger partial charge in [0.15, 0.2) is 0 Å². The average molecular weight is 250 g/mol. The van der Waals surface area contributed by atoms with E-state index in [1.165, 1.54) is 7.11 Å². The van der Waals surface area contributed by atoms with Gasteiger partial charge in [-0.1, -0.05) is 24.1 Å². The number of fused-ring (bicyclic) bond motifs is 3. The van der Waals surface area contributed by atoms with Gasteiger partial charge in [-0.3, -0.25) is 0 Å². The number of rotatable bonds is 0. The zero-order valence-corrected chi connectivity index (χ0v) is 10.3. The van der Waals surface area contributed by atoms with E-state index in [9.17, 15) is 4.79 Å². The summed E-state index contributed by atoms with van der Waals surface area (Å²) in [6, 6.07) is 13.4. The van der Waals surface area contributed by atoms with Crippen molar-refractivity contribution in [2.45, 2.75) is 0 Å². The molecule has 0 fully saturated rings. The van der Waals surface area contributed by atoms with Gasteiger partial charge in [0.2, 0.25) is 0 Å². The smallest absolute Gasteiger partial charge is 0.384 e. The Bertz CT molecular complexity index is 831. The number of carbonyl (C=O) groups is 1. The molecular formula is C16H10O3. The van der Waals surface area contributed by atoms with Gasteiger partial charge in [-0.05, 0) is 24.3 Å². The minimum atomic E-state index is -0.544. The van der Waals surface area contributed by atoms with Crippen molar-refractivity contribution in [1.29, 1.82) is 0 Å². The van der Waals surface area contributed by atoms with Crippen LogP contribution in [-0.4, -0.2) is 13.1 Å². The van der Waals surface area contributed by atoms with Crippen LogP contribution < -0.4 is 0 Å². The maximum Gasteiger partial charge on any atom is 0.384 e. The first-order valence-electron chi connectivity index (χ1n) is 5.79. The van der Waals surface area contributed by atoms with E-state index in [1.807, 2.05) is 42.5 Å². The number of methoxy groups -OCH3 is 1. The molecule has 0 aliphatic carbocycles. The number of hydrogen-bond donors (Lipinski definition) is 0. The summed E-state index contributed by atoms with van der Waals surface area (Å²) in [4.78, 5) is 11.0. The molecule has 19 heavy (non-hydrogen) atoms. The number of benzene rings is 2. The first-order chi connectivity index (χ1) is 9.28. The summed E-state index contributed by atoms with van der Waals surface area (Å²) in [5, 5.41) is 2.03. The minimum Gasteiger partial charge on any atom is -0.459 e. The monoisotopic (exact) mass is 250 g/mol. The Morgan fingerprint density at radius 3 is 2.74 bits per heavy atom. The van der Waals surface area contributed by atoms with Gasteiger partial charge in [0.05, 0.1) is 7.11 Å². The van der Waals surface area contributed by atoms with Gasteiger partial charge in [-0.2, -0.15) is 0 Å². The molecule has 1 aromatic heterocycles. The number of esters is 1. The van der Waals surface area contributed by atoms with E-state index < -0.39 is 5.97 Å². The molecular weight excluding hydrogens is 240 g/mol. The van der Waals surface area contributed by atoms with Crippen molar-refractivity contribution in [3.05, 3.63) is 48.0 Å². The normalized spacial score (nSPS) is 10.2. The van der Waals surface area contributed by atoms with E-state index >= 15 is 0 Å². The summed E-state index contributed by atoms with van der Waals surface area (Å²) in [7, 11) is 1.31. The van der Waals surface area contributed by atoms with Gasteiger partial charge >= 0.3 is 5.97 Å². The Hall–Kier alpha value is -2.73.